The van der Waals surface area contributed by atoms with Crippen LogP contribution in [-0.4, -0.2) is 11.7 Å². The first-order chi connectivity index (χ1) is 7.21. The first-order valence-corrected chi connectivity index (χ1v) is 6.02. The summed E-state index contributed by atoms with van der Waals surface area (Å²) < 4.78 is 0. The summed E-state index contributed by atoms with van der Waals surface area (Å²) in [6, 6.07) is 6.07. The molecule has 0 unspecified atom stereocenters. The Hall–Kier alpha value is -0.530. The molecule has 0 saturated carbocycles. The molecule has 0 bridgehead atoms. The molecule has 82 valence electrons. The summed E-state index contributed by atoms with van der Waals surface area (Å²) in [5, 5.41) is 0. The second-order valence-corrected chi connectivity index (χ2v) is 3.97. The maximum atomic E-state index is 11.2. The number of carbonyl (C=O) groups excluding carboxylic acids is 1. The van der Waals surface area contributed by atoms with E-state index >= 15 is 0 Å². The van der Waals surface area contributed by atoms with E-state index in [1.54, 1.807) is 0 Å². The first kappa shape index (κ1) is 12.5. The fraction of sp³-hybridized carbons (Fsp3) is 0.417. The van der Waals surface area contributed by atoms with Crippen LogP contribution in [0.25, 0.3) is 0 Å². The van der Waals surface area contributed by atoms with E-state index in [0.717, 1.165) is 17.5 Å². The van der Waals surface area contributed by atoms with E-state index in [2.05, 4.69) is 13.0 Å². The van der Waals surface area contributed by atoms with Crippen LogP contribution in [0.1, 0.15) is 23.6 Å². The van der Waals surface area contributed by atoms with Crippen molar-refractivity contribution in [3.63, 3.8) is 0 Å². The Kier molecular flexibility index (Phi) is 5.13. The van der Waals surface area contributed by atoms with E-state index in [1.165, 1.54) is 5.56 Å². The Bertz CT molecular complexity index is 347. The molecule has 0 saturated heterocycles. The van der Waals surface area contributed by atoms with Crippen LogP contribution in [0.2, 0.25) is 0 Å². The molecule has 0 aliphatic heterocycles. The molecule has 0 fully saturated rings. The normalized spacial score (nSPS) is 10.3. The Balaban J connectivity index is 2.92. The molecule has 3 heteroatoms. The van der Waals surface area contributed by atoms with E-state index < -0.39 is 0 Å². The minimum atomic E-state index is 0.0345. The van der Waals surface area contributed by atoms with E-state index in [0.29, 0.717) is 12.3 Å². The second kappa shape index (κ2) is 6.14. The number of Topliss-reactive ketones (excluding diaryl/α,β-unsaturated/α-hetero) is 1. The Morgan fingerprint density at radius 1 is 1.27 bits per heavy atom. The van der Waals surface area contributed by atoms with Gasteiger partial charge in [0.15, 0.2) is 5.78 Å². The highest BCUT2D eigenvalue weighted by Gasteiger charge is 2.07. The summed E-state index contributed by atoms with van der Waals surface area (Å²) in [7, 11) is 0. The lowest BCUT2D eigenvalue weighted by molar-refractivity contribution is -0.116. The molecule has 1 rings (SSSR count). The zero-order chi connectivity index (χ0) is 11.3. The van der Waals surface area contributed by atoms with Crippen molar-refractivity contribution in [2.45, 2.75) is 25.6 Å². The molecule has 1 aromatic carbocycles. The number of benzene rings is 1. The van der Waals surface area contributed by atoms with Gasteiger partial charge in [-0.15, -0.1) is 23.2 Å². The summed E-state index contributed by atoms with van der Waals surface area (Å²) >= 11 is 11.3. The zero-order valence-electron chi connectivity index (χ0n) is 8.72. The molecule has 0 aliphatic carbocycles. The SMILES string of the molecule is CCc1ccc(CC(=O)CCl)c(CCl)c1. The van der Waals surface area contributed by atoms with Crippen LogP contribution in [-0.2, 0) is 23.5 Å². The van der Waals surface area contributed by atoms with Gasteiger partial charge in [-0.2, -0.15) is 0 Å². The summed E-state index contributed by atoms with van der Waals surface area (Å²) in [4.78, 5) is 11.2. The number of carbonyl (C=O) groups is 1. The summed E-state index contributed by atoms with van der Waals surface area (Å²) in [6.07, 6.45) is 1.36. The topological polar surface area (TPSA) is 17.1 Å². The molecule has 0 atom stereocenters. The molecule has 0 amide bonds. The Morgan fingerprint density at radius 3 is 2.53 bits per heavy atom. The number of rotatable bonds is 5. The molecule has 0 aromatic heterocycles. The molecular weight excluding hydrogens is 231 g/mol. The van der Waals surface area contributed by atoms with Crippen LogP contribution in [0.5, 0.6) is 0 Å². The number of halogens is 2. The van der Waals surface area contributed by atoms with Crippen molar-refractivity contribution in [1.29, 1.82) is 0 Å². The van der Waals surface area contributed by atoms with Gasteiger partial charge in [0.1, 0.15) is 0 Å². The molecule has 0 spiro atoms. The second-order valence-electron chi connectivity index (χ2n) is 3.44. The summed E-state index contributed by atoms with van der Waals surface area (Å²) in [6.45, 7) is 2.09. The van der Waals surface area contributed by atoms with Gasteiger partial charge in [0, 0.05) is 12.3 Å². The van der Waals surface area contributed by atoms with Gasteiger partial charge in [-0.25, -0.2) is 0 Å². The van der Waals surface area contributed by atoms with Crippen molar-refractivity contribution >= 4 is 29.0 Å². The molecule has 15 heavy (non-hydrogen) atoms. The van der Waals surface area contributed by atoms with E-state index in [9.17, 15) is 4.79 Å². The highest BCUT2D eigenvalue weighted by Crippen LogP contribution is 2.16. The van der Waals surface area contributed by atoms with Gasteiger partial charge >= 0.3 is 0 Å². The van der Waals surface area contributed by atoms with Crippen LogP contribution in [0.15, 0.2) is 18.2 Å². The standard InChI is InChI=1S/C12H14Cl2O/c1-2-9-3-4-10(6-12(15)8-14)11(5-9)7-13/h3-5H,2,6-8H2,1H3. The molecule has 0 heterocycles. The third-order valence-corrected chi connectivity index (χ3v) is 2.95. The first-order valence-electron chi connectivity index (χ1n) is 4.95. The quantitative estimate of drug-likeness (QED) is 0.727. The van der Waals surface area contributed by atoms with Gasteiger partial charge in [-0.1, -0.05) is 25.1 Å². The van der Waals surface area contributed by atoms with Gasteiger partial charge in [0.25, 0.3) is 0 Å². The largest absolute Gasteiger partial charge is 0.298 e. The summed E-state index contributed by atoms with van der Waals surface area (Å²) in [5.41, 5.74) is 3.27. The third kappa shape index (κ3) is 3.51. The van der Waals surface area contributed by atoms with Crippen molar-refractivity contribution in [3.8, 4) is 0 Å². The fourth-order valence-electron chi connectivity index (χ4n) is 1.46. The fourth-order valence-corrected chi connectivity index (χ4v) is 1.80. The van der Waals surface area contributed by atoms with Crippen LogP contribution in [0, 0.1) is 0 Å². The molecule has 1 nitrogen and oxygen atoms in total. The molecule has 0 N–H and O–H groups in total. The van der Waals surface area contributed by atoms with Crippen LogP contribution < -0.4 is 0 Å². The number of aryl methyl sites for hydroxylation is 1. The molecule has 0 radical (unpaired) electrons. The number of alkyl halides is 2. The molecule has 1 aromatic rings. The van der Waals surface area contributed by atoms with Gasteiger partial charge in [-0.05, 0) is 23.1 Å². The van der Waals surface area contributed by atoms with E-state index in [4.69, 9.17) is 23.2 Å². The maximum absolute atomic E-state index is 11.2. The zero-order valence-corrected chi connectivity index (χ0v) is 10.2. The lowest BCUT2D eigenvalue weighted by atomic mass is 10.00. The number of hydrogen-bond donors (Lipinski definition) is 0. The van der Waals surface area contributed by atoms with Crippen molar-refractivity contribution in [3.05, 3.63) is 34.9 Å². The van der Waals surface area contributed by atoms with Crippen LogP contribution in [0.3, 0.4) is 0 Å². The summed E-state index contributed by atoms with van der Waals surface area (Å²) in [5.74, 6) is 0.544. The van der Waals surface area contributed by atoms with Crippen LogP contribution >= 0.6 is 23.2 Å². The minimum absolute atomic E-state index is 0.0345. The van der Waals surface area contributed by atoms with E-state index in [-0.39, 0.29) is 11.7 Å². The smallest absolute Gasteiger partial charge is 0.151 e. The third-order valence-electron chi connectivity index (χ3n) is 2.36. The highest BCUT2D eigenvalue weighted by atomic mass is 35.5. The minimum Gasteiger partial charge on any atom is -0.298 e. The van der Waals surface area contributed by atoms with Crippen LogP contribution in [0.4, 0.5) is 0 Å². The monoisotopic (exact) mass is 244 g/mol. The average Bonchev–Trinajstić information content (AvgIpc) is 2.29. The van der Waals surface area contributed by atoms with E-state index in [1.807, 2.05) is 12.1 Å². The van der Waals surface area contributed by atoms with Gasteiger partial charge in [0.05, 0.1) is 5.88 Å². The lowest BCUT2D eigenvalue weighted by Crippen LogP contribution is -2.06. The molecular formula is C12H14Cl2O. The van der Waals surface area contributed by atoms with Gasteiger partial charge < -0.3 is 0 Å². The number of ketones is 1. The van der Waals surface area contributed by atoms with Gasteiger partial charge in [0.2, 0.25) is 0 Å². The Morgan fingerprint density at radius 2 is 2.00 bits per heavy atom. The van der Waals surface area contributed by atoms with Crippen molar-refractivity contribution < 1.29 is 4.79 Å². The molecule has 0 aliphatic rings. The Labute approximate surface area is 100 Å². The predicted octanol–water partition coefficient (Wildman–Crippen LogP) is 3.34. The average molecular weight is 245 g/mol. The van der Waals surface area contributed by atoms with Crippen molar-refractivity contribution in [2.24, 2.45) is 0 Å². The maximum Gasteiger partial charge on any atom is 0.151 e. The van der Waals surface area contributed by atoms with Gasteiger partial charge in [-0.3, -0.25) is 4.79 Å². The highest BCUT2D eigenvalue weighted by molar-refractivity contribution is 6.27. The van der Waals surface area contributed by atoms with Crippen molar-refractivity contribution in [1.82, 2.24) is 0 Å². The number of hydrogen-bond acceptors (Lipinski definition) is 1. The predicted molar refractivity (Wildman–Crippen MR) is 64.8 cm³/mol. The lowest BCUT2D eigenvalue weighted by Gasteiger charge is -2.07. The van der Waals surface area contributed by atoms with Crippen molar-refractivity contribution in [2.75, 3.05) is 5.88 Å².